The van der Waals surface area contributed by atoms with Crippen LogP contribution in [-0.2, 0) is 17.4 Å². The highest BCUT2D eigenvalue weighted by Gasteiger charge is 2.57. The van der Waals surface area contributed by atoms with E-state index in [4.69, 9.17) is 5.10 Å². The molecule has 1 saturated heterocycles. The largest absolute Gasteiger partial charge is 0.345 e. The Morgan fingerprint density at radius 2 is 2.08 bits per heavy atom. The predicted octanol–water partition coefficient (Wildman–Crippen LogP) is 2.11. The molecule has 0 bridgehead atoms. The van der Waals surface area contributed by atoms with Crippen molar-refractivity contribution in [1.82, 2.24) is 20.4 Å². The molecular formula is C18H24N4OS. The van der Waals surface area contributed by atoms with Crippen LogP contribution in [0, 0.1) is 17.8 Å². The summed E-state index contributed by atoms with van der Waals surface area (Å²) < 4.78 is 1.93. The van der Waals surface area contributed by atoms with Crippen LogP contribution in [0.1, 0.15) is 19.5 Å². The summed E-state index contributed by atoms with van der Waals surface area (Å²) in [5.41, 5.74) is 1.58. The lowest BCUT2D eigenvalue weighted by atomic mass is 9.96. The average Bonchev–Trinajstić information content (AvgIpc) is 2.88. The van der Waals surface area contributed by atoms with E-state index in [1.54, 1.807) is 11.8 Å². The highest BCUT2D eigenvalue weighted by molar-refractivity contribution is 7.98. The molecule has 24 heavy (non-hydrogen) atoms. The van der Waals surface area contributed by atoms with Gasteiger partial charge in [0.15, 0.2) is 0 Å². The van der Waals surface area contributed by atoms with Gasteiger partial charge in [-0.25, -0.2) is 0 Å². The summed E-state index contributed by atoms with van der Waals surface area (Å²) in [4.78, 5) is 13.9. The Morgan fingerprint density at radius 3 is 2.75 bits per heavy atom. The molecular weight excluding hydrogens is 320 g/mol. The number of para-hydroxylation sites is 1. The molecule has 1 aliphatic carbocycles. The van der Waals surface area contributed by atoms with E-state index in [9.17, 15) is 4.79 Å². The first-order valence-corrected chi connectivity index (χ1v) is 9.69. The van der Waals surface area contributed by atoms with Crippen molar-refractivity contribution in [3.8, 4) is 0 Å². The van der Waals surface area contributed by atoms with Crippen LogP contribution in [0.2, 0.25) is 0 Å². The number of hydrogen-bond donors (Lipinski definition) is 2. The van der Waals surface area contributed by atoms with Gasteiger partial charge >= 0.3 is 0 Å². The lowest BCUT2D eigenvalue weighted by Gasteiger charge is -2.25. The SMILES string of the molecule is CSc1cccc2c(C(C)(C)NC(=O)C3C4CNCC43)nn(C)c12. The molecule has 128 valence electrons. The van der Waals surface area contributed by atoms with Crippen LogP contribution in [0.4, 0.5) is 0 Å². The summed E-state index contributed by atoms with van der Waals surface area (Å²) in [5, 5.41) is 12.5. The van der Waals surface area contributed by atoms with Gasteiger partial charge in [-0.3, -0.25) is 9.48 Å². The quantitative estimate of drug-likeness (QED) is 0.834. The smallest absolute Gasteiger partial charge is 0.224 e. The minimum absolute atomic E-state index is 0.177. The molecule has 0 radical (unpaired) electrons. The number of aryl methyl sites for hydroxylation is 1. The fourth-order valence-corrected chi connectivity index (χ4v) is 4.84. The lowest BCUT2D eigenvalue weighted by Crippen LogP contribution is -2.43. The first-order chi connectivity index (χ1) is 11.4. The zero-order valence-electron chi connectivity index (χ0n) is 14.6. The molecule has 1 aliphatic heterocycles. The molecule has 2 atom stereocenters. The molecule has 4 rings (SSSR count). The molecule has 1 aromatic carbocycles. The van der Waals surface area contributed by atoms with Gasteiger partial charge in [-0.2, -0.15) is 5.10 Å². The number of amides is 1. The van der Waals surface area contributed by atoms with Gasteiger partial charge in [-0.1, -0.05) is 12.1 Å². The molecule has 0 spiro atoms. The second-order valence-electron chi connectivity index (χ2n) is 7.45. The number of thioether (sulfide) groups is 1. The first kappa shape index (κ1) is 16.0. The Balaban J connectivity index is 1.64. The van der Waals surface area contributed by atoms with Crippen LogP contribution < -0.4 is 10.6 Å². The molecule has 2 N–H and O–H groups in total. The van der Waals surface area contributed by atoms with Gasteiger partial charge in [0.1, 0.15) is 0 Å². The maximum absolute atomic E-state index is 12.7. The topological polar surface area (TPSA) is 59.0 Å². The number of hydrogen-bond acceptors (Lipinski definition) is 4. The van der Waals surface area contributed by atoms with E-state index in [1.807, 2.05) is 11.7 Å². The molecule has 1 saturated carbocycles. The van der Waals surface area contributed by atoms with E-state index in [2.05, 4.69) is 48.9 Å². The van der Waals surface area contributed by atoms with Crippen molar-refractivity contribution >= 4 is 28.6 Å². The van der Waals surface area contributed by atoms with Crippen LogP contribution in [0.3, 0.4) is 0 Å². The van der Waals surface area contributed by atoms with Crippen LogP contribution in [-0.4, -0.2) is 35.0 Å². The summed E-state index contributed by atoms with van der Waals surface area (Å²) in [6.07, 6.45) is 2.08. The number of rotatable bonds is 4. The van der Waals surface area contributed by atoms with Crippen LogP contribution in [0.15, 0.2) is 23.1 Å². The van der Waals surface area contributed by atoms with Crippen molar-refractivity contribution in [2.75, 3.05) is 19.3 Å². The Kier molecular flexibility index (Phi) is 3.65. The molecule has 2 heterocycles. The normalized spacial score (nSPS) is 25.8. The Labute approximate surface area is 146 Å². The second-order valence-corrected chi connectivity index (χ2v) is 8.30. The maximum Gasteiger partial charge on any atom is 0.224 e. The summed E-state index contributed by atoms with van der Waals surface area (Å²) in [5.74, 6) is 1.42. The van der Waals surface area contributed by atoms with Gasteiger partial charge in [0, 0.05) is 23.2 Å². The van der Waals surface area contributed by atoms with Crippen molar-refractivity contribution in [3.05, 3.63) is 23.9 Å². The minimum Gasteiger partial charge on any atom is -0.345 e. The summed E-state index contributed by atoms with van der Waals surface area (Å²) in [6.45, 7) is 6.06. The van der Waals surface area contributed by atoms with Crippen molar-refractivity contribution in [2.45, 2.75) is 24.3 Å². The number of aromatic nitrogens is 2. The molecule has 2 aromatic rings. The number of nitrogens with zero attached hydrogens (tertiary/aromatic N) is 2. The van der Waals surface area contributed by atoms with Crippen molar-refractivity contribution in [1.29, 1.82) is 0 Å². The Morgan fingerprint density at radius 1 is 1.38 bits per heavy atom. The van der Waals surface area contributed by atoms with Crippen molar-refractivity contribution < 1.29 is 4.79 Å². The van der Waals surface area contributed by atoms with E-state index in [0.29, 0.717) is 11.8 Å². The summed E-state index contributed by atoms with van der Waals surface area (Å²) >= 11 is 1.72. The monoisotopic (exact) mass is 344 g/mol. The third-order valence-electron chi connectivity index (χ3n) is 5.47. The zero-order valence-corrected chi connectivity index (χ0v) is 15.4. The number of carbonyl (C=O) groups is 1. The number of benzene rings is 1. The second kappa shape index (κ2) is 5.49. The van der Waals surface area contributed by atoms with Gasteiger partial charge in [0.2, 0.25) is 5.91 Å². The molecule has 6 heteroatoms. The highest BCUT2D eigenvalue weighted by atomic mass is 32.2. The average molecular weight is 344 g/mol. The van der Waals surface area contributed by atoms with Crippen molar-refractivity contribution in [2.24, 2.45) is 24.8 Å². The van der Waals surface area contributed by atoms with Crippen LogP contribution >= 0.6 is 11.8 Å². The van der Waals surface area contributed by atoms with Gasteiger partial charge in [-0.15, -0.1) is 11.8 Å². The van der Waals surface area contributed by atoms with E-state index in [1.165, 1.54) is 4.90 Å². The molecule has 5 nitrogen and oxygen atoms in total. The summed E-state index contributed by atoms with van der Waals surface area (Å²) in [7, 11) is 1.97. The van der Waals surface area contributed by atoms with E-state index < -0.39 is 5.54 Å². The maximum atomic E-state index is 12.7. The van der Waals surface area contributed by atoms with E-state index in [0.717, 1.165) is 29.7 Å². The van der Waals surface area contributed by atoms with E-state index >= 15 is 0 Å². The third-order valence-corrected chi connectivity index (χ3v) is 6.24. The van der Waals surface area contributed by atoms with Crippen LogP contribution in [0.5, 0.6) is 0 Å². The minimum atomic E-state index is -0.488. The lowest BCUT2D eigenvalue weighted by molar-refractivity contribution is -0.124. The highest BCUT2D eigenvalue weighted by Crippen LogP contribution is 2.49. The van der Waals surface area contributed by atoms with Crippen LogP contribution in [0.25, 0.3) is 10.9 Å². The van der Waals surface area contributed by atoms with Gasteiger partial charge < -0.3 is 10.6 Å². The number of nitrogens with one attached hydrogen (secondary N) is 2. The first-order valence-electron chi connectivity index (χ1n) is 8.47. The number of piperidine rings is 1. The Hall–Kier alpha value is -1.53. The van der Waals surface area contributed by atoms with Gasteiger partial charge in [-0.05, 0) is 51.1 Å². The standard InChI is InChI=1S/C18H24N4OS/c1-18(2,20-17(23)14-11-8-19-9-12(11)14)16-10-6-5-7-13(24-4)15(10)22(3)21-16/h5-7,11-12,14,19H,8-9H2,1-4H3,(H,20,23). The molecule has 2 aliphatic rings. The molecule has 1 aromatic heterocycles. The van der Waals surface area contributed by atoms with Gasteiger partial charge in [0.25, 0.3) is 0 Å². The Bertz CT molecular complexity index is 803. The van der Waals surface area contributed by atoms with Crippen molar-refractivity contribution in [3.63, 3.8) is 0 Å². The molecule has 1 amide bonds. The molecule has 2 unspecified atom stereocenters. The zero-order chi connectivity index (χ0) is 17.1. The number of fused-ring (bicyclic) bond motifs is 2. The fourth-order valence-electron chi connectivity index (χ4n) is 4.19. The molecule has 2 fully saturated rings. The predicted molar refractivity (Wildman–Crippen MR) is 97.0 cm³/mol. The third kappa shape index (κ3) is 2.35. The summed E-state index contributed by atoms with van der Waals surface area (Å²) in [6, 6.07) is 6.28. The van der Waals surface area contributed by atoms with Gasteiger partial charge in [0.05, 0.1) is 16.7 Å². The fraction of sp³-hybridized carbons (Fsp3) is 0.556. The number of carbonyl (C=O) groups excluding carboxylic acids is 1. The van der Waals surface area contributed by atoms with E-state index in [-0.39, 0.29) is 11.8 Å².